The second-order valence-electron chi connectivity index (χ2n) is 7.26. The van der Waals surface area contributed by atoms with Crippen molar-refractivity contribution in [3.63, 3.8) is 0 Å². The van der Waals surface area contributed by atoms with Gasteiger partial charge in [-0.3, -0.25) is 4.79 Å². The van der Waals surface area contributed by atoms with Crippen molar-refractivity contribution in [1.29, 1.82) is 5.26 Å². The number of amides is 1. The molecule has 1 N–H and O–H groups in total. The molecule has 0 spiro atoms. The molecule has 0 unspecified atom stereocenters. The third kappa shape index (κ3) is 4.50. The summed E-state index contributed by atoms with van der Waals surface area (Å²) in [5.74, 6) is -0.0373. The molecule has 1 amide bonds. The van der Waals surface area contributed by atoms with Crippen LogP contribution in [0.15, 0.2) is 65.8 Å². The number of hydrogen-bond donors (Lipinski definition) is 1. The van der Waals surface area contributed by atoms with E-state index in [2.05, 4.69) is 21.6 Å². The van der Waals surface area contributed by atoms with E-state index >= 15 is 0 Å². The average molecular weight is 416 g/mol. The van der Waals surface area contributed by atoms with Crippen LogP contribution < -0.4 is 5.32 Å². The Hall–Kier alpha value is -3.24. The van der Waals surface area contributed by atoms with Crippen molar-refractivity contribution >= 4 is 17.7 Å². The number of carbonyl (C=O) groups excluding carboxylic acids is 1. The maximum absolute atomic E-state index is 12.4. The molecule has 1 saturated carbocycles. The van der Waals surface area contributed by atoms with Gasteiger partial charge in [-0.05, 0) is 25.7 Å². The number of rotatable bonds is 6. The lowest BCUT2D eigenvalue weighted by atomic mass is 10.0. The first-order valence-corrected chi connectivity index (χ1v) is 10.9. The molecule has 0 bridgehead atoms. The lowest BCUT2D eigenvalue weighted by molar-refractivity contribution is -0.119. The van der Waals surface area contributed by atoms with Crippen LogP contribution in [0.25, 0.3) is 22.5 Å². The molecule has 0 radical (unpaired) electrons. The van der Waals surface area contributed by atoms with Crippen molar-refractivity contribution in [2.75, 3.05) is 5.75 Å². The largest absolute Gasteiger partial charge is 0.337 e. The molecule has 0 saturated heterocycles. The van der Waals surface area contributed by atoms with E-state index in [-0.39, 0.29) is 11.7 Å². The smallest absolute Gasteiger partial charge is 0.231 e. The van der Waals surface area contributed by atoms with Crippen molar-refractivity contribution in [3.05, 3.63) is 60.7 Å². The number of thioether (sulfide) groups is 1. The van der Waals surface area contributed by atoms with E-state index in [1.54, 1.807) is 0 Å². The SMILES string of the molecule is N#CC1(NC(=O)CSc2nnc(-c3ccccc3)c(-c3ccccc3)n2)CCCC1. The van der Waals surface area contributed by atoms with E-state index < -0.39 is 5.54 Å². The topological polar surface area (TPSA) is 91.6 Å². The number of benzene rings is 2. The Bertz CT molecular complexity index is 1060. The maximum Gasteiger partial charge on any atom is 0.231 e. The van der Waals surface area contributed by atoms with Crippen LogP contribution in [-0.2, 0) is 4.79 Å². The number of hydrogen-bond acceptors (Lipinski definition) is 6. The summed E-state index contributed by atoms with van der Waals surface area (Å²) in [6.07, 6.45) is 3.36. The molecule has 1 heterocycles. The molecule has 1 aromatic heterocycles. The Morgan fingerprint density at radius 1 is 0.967 bits per heavy atom. The first kappa shape index (κ1) is 20.0. The molecule has 7 heteroatoms. The fraction of sp³-hybridized carbons (Fsp3) is 0.261. The fourth-order valence-corrected chi connectivity index (χ4v) is 4.22. The standard InChI is InChI=1S/C23H21N5OS/c24-16-23(13-7-8-14-23)26-19(29)15-30-22-25-20(17-9-3-1-4-10-17)21(27-28-22)18-11-5-2-6-12-18/h1-6,9-12H,7-8,13-15H2,(H,26,29). The third-order valence-corrected chi connectivity index (χ3v) is 5.98. The molecule has 0 aliphatic heterocycles. The third-order valence-electron chi connectivity index (χ3n) is 5.14. The Labute approximate surface area is 179 Å². The summed E-state index contributed by atoms with van der Waals surface area (Å²) >= 11 is 1.23. The highest BCUT2D eigenvalue weighted by Gasteiger charge is 2.35. The van der Waals surface area contributed by atoms with Gasteiger partial charge in [0.15, 0.2) is 0 Å². The Morgan fingerprint density at radius 3 is 2.17 bits per heavy atom. The van der Waals surface area contributed by atoms with Crippen molar-refractivity contribution in [2.24, 2.45) is 0 Å². The van der Waals surface area contributed by atoms with Gasteiger partial charge >= 0.3 is 0 Å². The predicted molar refractivity (Wildman–Crippen MR) is 116 cm³/mol. The number of nitriles is 1. The van der Waals surface area contributed by atoms with Crippen LogP contribution in [0.4, 0.5) is 0 Å². The summed E-state index contributed by atoms with van der Waals surface area (Å²) in [5.41, 5.74) is 2.58. The van der Waals surface area contributed by atoms with E-state index in [4.69, 9.17) is 4.98 Å². The van der Waals surface area contributed by atoms with Crippen molar-refractivity contribution in [2.45, 2.75) is 36.4 Å². The normalized spacial score (nSPS) is 14.8. The van der Waals surface area contributed by atoms with Crippen LogP contribution in [-0.4, -0.2) is 32.4 Å². The molecule has 1 fully saturated rings. The van der Waals surface area contributed by atoms with Gasteiger partial charge in [-0.1, -0.05) is 72.4 Å². The Morgan fingerprint density at radius 2 is 1.57 bits per heavy atom. The number of nitrogens with zero attached hydrogens (tertiary/aromatic N) is 4. The van der Waals surface area contributed by atoms with Crippen molar-refractivity contribution < 1.29 is 4.79 Å². The molecule has 1 aliphatic carbocycles. The van der Waals surface area contributed by atoms with Gasteiger partial charge in [0.2, 0.25) is 11.1 Å². The molecule has 4 rings (SSSR count). The quantitative estimate of drug-likeness (QED) is 0.605. The second-order valence-corrected chi connectivity index (χ2v) is 8.20. The molecule has 0 atom stereocenters. The zero-order valence-electron chi connectivity index (χ0n) is 16.4. The monoisotopic (exact) mass is 415 g/mol. The van der Waals surface area contributed by atoms with Gasteiger partial charge in [-0.2, -0.15) is 5.26 Å². The highest BCUT2D eigenvalue weighted by atomic mass is 32.2. The highest BCUT2D eigenvalue weighted by molar-refractivity contribution is 7.99. The van der Waals surface area contributed by atoms with E-state index in [0.29, 0.717) is 23.7 Å². The lowest BCUT2D eigenvalue weighted by Crippen LogP contribution is -2.45. The van der Waals surface area contributed by atoms with Gasteiger partial charge in [-0.25, -0.2) is 4.98 Å². The minimum absolute atomic E-state index is 0.143. The van der Waals surface area contributed by atoms with Crippen LogP contribution in [0.3, 0.4) is 0 Å². The minimum Gasteiger partial charge on any atom is -0.337 e. The van der Waals surface area contributed by atoms with Gasteiger partial charge in [0.05, 0.1) is 11.8 Å². The van der Waals surface area contributed by atoms with E-state index in [9.17, 15) is 10.1 Å². The second kappa shape index (κ2) is 9.06. The summed E-state index contributed by atoms with van der Waals surface area (Å²) < 4.78 is 0. The molecule has 6 nitrogen and oxygen atoms in total. The van der Waals surface area contributed by atoms with Crippen LogP contribution in [0.2, 0.25) is 0 Å². The first-order valence-electron chi connectivity index (χ1n) is 9.90. The van der Waals surface area contributed by atoms with Crippen LogP contribution in [0.5, 0.6) is 0 Å². The van der Waals surface area contributed by atoms with Crippen LogP contribution in [0, 0.1) is 11.3 Å². The number of aromatic nitrogens is 3. The number of carbonyl (C=O) groups is 1. The molecule has 30 heavy (non-hydrogen) atoms. The molecule has 2 aromatic carbocycles. The Balaban J connectivity index is 1.55. The average Bonchev–Trinajstić information content (AvgIpc) is 3.27. The van der Waals surface area contributed by atoms with Crippen molar-refractivity contribution in [1.82, 2.24) is 20.5 Å². The summed E-state index contributed by atoms with van der Waals surface area (Å²) in [7, 11) is 0. The van der Waals surface area contributed by atoms with Crippen LogP contribution >= 0.6 is 11.8 Å². The zero-order valence-corrected chi connectivity index (χ0v) is 17.2. The molecular formula is C23H21N5OS. The zero-order chi connectivity index (χ0) is 20.8. The molecular weight excluding hydrogens is 394 g/mol. The van der Waals surface area contributed by atoms with E-state index in [1.165, 1.54) is 11.8 Å². The number of nitrogens with one attached hydrogen (secondary N) is 1. The van der Waals surface area contributed by atoms with E-state index in [1.807, 2.05) is 60.7 Å². The summed E-state index contributed by atoms with van der Waals surface area (Å²) in [4.78, 5) is 17.1. The van der Waals surface area contributed by atoms with Gasteiger partial charge in [-0.15, -0.1) is 10.2 Å². The molecule has 1 aliphatic rings. The summed E-state index contributed by atoms with van der Waals surface area (Å²) in [6.45, 7) is 0. The Kier molecular flexibility index (Phi) is 6.05. The maximum atomic E-state index is 12.4. The fourth-order valence-electron chi connectivity index (χ4n) is 3.64. The first-order chi connectivity index (χ1) is 14.7. The molecule has 150 valence electrons. The van der Waals surface area contributed by atoms with Gasteiger partial charge in [0, 0.05) is 11.1 Å². The minimum atomic E-state index is -0.719. The van der Waals surface area contributed by atoms with E-state index in [0.717, 1.165) is 29.7 Å². The predicted octanol–water partition coefficient (Wildman–Crippen LogP) is 4.25. The summed E-state index contributed by atoms with van der Waals surface area (Å²) in [5, 5.41) is 21.4. The van der Waals surface area contributed by atoms with Gasteiger partial charge in [0.1, 0.15) is 16.9 Å². The van der Waals surface area contributed by atoms with Crippen molar-refractivity contribution in [3.8, 4) is 28.6 Å². The lowest BCUT2D eigenvalue weighted by Gasteiger charge is -2.21. The molecule has 3 aromatic rings. The summed E-state index contributed by atoms with van der Waals surface area (Å²) in [6, 6.07) is 21.9. The van der Waals surface area contributed by atoms with Gasteiger partial charge < -0.3 is 5.32 Å². The van der Waals surface area contributed by atoms with Crippen LogP contribution in [0.1, 0.15) is 25.7 Å². The highest BCUT2D eigenvalue weighted by Crippen LogP contribution is 2.31. The van der Waals surface area contributed by atoms with Gasteiger partial charge in [0.25, 0.3) is 0 Å².